The molecule has 1 nitrogen and oxygen atoms in total. The van der Waals surface area contributed by atoms with Crippen LogP contribution in [0.25, 0.3) is 5.57 Å². The number of hydrogen-bond donors (Lipinski definition) is 1. The molecule has 0 amide bonds. The zero-order valence-electron chi connectivity index (χ0n) is 6.76. The van der Waals surface area contributed by atoms with Crippen LogP contribution in [0, 0.1) is 5.82 Å². The average Bonchev–Trinajstić information content (AvgIpc) is 1.96. The first-order chi connectivity index (χ1) is 5.52. The summed E-state index contributed by atoms with van der Waals surface area (Å²) in [4.78, 5) is 0. The third-order valence-electron chi connectivity index (χ3n) is 1.57. The number of phenolic OH excluding ortho intramolecular Hbond substituents is 1. The van der Waals surface area contributed by atoms with Crippen molar-refractivity contribution in [2.45, 2.75) is 6.92 Å². The maximum atomic E-state index is 12.7. The summed E-state index contributed by atoms with van der Waals surface area (Å²) in [5.74, 6) is -0.744. The van der Waals surface area contributed by atoms with E-state index >= 15 is 0 Å². The molecule has 0 aliphatic carbocycles. The maximum Gasteiger partial charge on any atom is 0.125 e. The fraction of sp³-hybridized carbons (Fsp3) is 0.111. The minimum Gasteiger partial charge on any atom is -0.507 e. The predicted molar refractivity (Wildman–Crippen MR) is 48.2 cm³/mol. The van der Waals surface area contributed by atoms with Crippen molar-refractivity contribution < 1.29 is 9.50 Å². The largest absolute Gasteiger partial charge is 0.507 e. The topological polar surface area (TPSA) is 20.2 Å². The van der Waals surface area contributed by atoms with Gasteiger partial charge in [0.25, 0.3) is 0 Å². The van der Waals surface area contributed by atoms with Gasteiger partial charge in [0.1, 0.15) is 19.4 Å². The number of halogens is 1. The van der Waals surface area contributed by atoms with Crippen LogP contribution >= 0.6 is 0 Å². The van der Waals surface area contributed by atoms with E-state index < -0.39 is 5.82 Å². The smallest absolute Gasteiger partial charge is 0.125 e. The summed E-state index contributed by atoms with van der Waals surface area (Å²) < 4.78 is 12.7. The highest BCUT2D eigenvalue weighted by Crippen LogP contribution is 2.22. The third kappa shape index (κ3) is 1.50. The Morgan fingerprint density at radius 3 is 2.67 bits per heavy atom. The van der Waals surface area contributed by atoms with Crippen LogP contribution in [0.15, 0.2) is 18.7 Å². The molecular formula is C9H8BFO. The van der Waals surface area contributed by atoms with Gasteiger partial charge < -0.3 is 5.11 Å². The van der Waals surface area contributed by atoms with Crippen molar-refractivity contribution in [2.75, 3.05) is 0 Å². The van der Waals surface area contributed by atoms with Gasteiger partial charge in [0.15, 0.2) is 0 Å². The summed E-state index contributed by atoms with van der Waals surface area (Å²) in [6, 6.07) is 2.35. The van der Waals surface area contributed by atoms with Crippen LogP contribution in [0.2, 0.25) is 0 Å². The highest BCUT2D eigenvalue weighted by molar-refractivity contribution is 6.32. The second-order valence-corrected chi connectivity index (χ2v) is 2.67. The molecule has 0 unspecified atom stereocenters. The summed E-state index contributed by atoms with van der Waals surface area (Å²) in [5, 5.41) is 9.23. The molecule has 0 aromatic heterocycles. The summed E-state index contributed by atoms with van der Waals surface area (Å²) in [5.41, 5.74) is 1.15. The summed E-state index contributed by atoms with van der Waals surface area (Å²) in [6.07, 6.45) is 0. The number of allylic oxidation sites excluding steroid dienone is 1. The minimum atomic E-state index is -0.613. The average molecular weight is 162 g/mol. The molecule has 0 spiro atoms. The van der Waals surface area contributed by atoms with Crippen molar-refractivity contribution in [3.8, 4) is 5.75 Å². The van der Waals surface area contributed by atoms with Crippen LogP contribution in [0.3, 0.4) is 0 Å². The maximum absolute atomic E-state index is 12.7. The van der Waals surface area contributed by atoms with Gasteiger partial charge in [-0.15, -0.1) is 0 Å². The normalized spacial score (nSPS) is 9.83. The molecule has 1 rings (SSSR count). The van der Waals surface area contributed by atoms with E-state index in [-0.39, 0.29) is 11.2 Å². The molecule has 1 aromatic rings. The summed E-state index contributed by atoms with van der Waals surface area (Å²) >= 11 is 0. The van der Waals surface area contributed by atoms with E-state index in [1.807, 2.05) is 0 Å². The molecule has 12 heavy (non-hydrogen) atoms. The molecular weight excluding hydrogens is 154 g/mol. The van der Waals surface area contributed by atoms with Gasteiger partial charge in [0.2, 0.25) is 0 Å². The Labute approximate surface area is 71.9 Å². The van der Waals surface area contributed by atoms with Crippen molar-refractivity contribution in [2.24, 2.45) is 0 Å². The Bertz CT molecular complexity index is 334. The van der Waals surface area contributed by atoms with Crippen LogP contribution in [-0.2, 0) is 0 Å². The monoisotopic (exact) mass is 162 g/mol. The van der Waals surface area contributed by atoms with Crippen LogP contribution < -0.4 is 5.46 Å². The quantitative estimate of drug-likeness (QED) is 0.618. The van der Waals surface area contributed by atoms with E-state index in [2.05, 4.69) is 6.58 Å². The Hall–Kier alpha value is -1.25. The number of benzene rings is 1. The molecule has 0 saturated heterocycles. The van der Waals surface area contributed by atoms with Crippen LogP contribution in [0.4, 0.5) is 4.39 Å². The van der Waals surface area contributed by atoms with Gasteiger partial charge in [0.05, 0.1) is 0 Å². The molecule has 0 aliphatic heterocycles. The SMILES string of the molecule is [B]c1cc(C(=C)C)c(O)cc1F. The molecule has 1 N–H and O–H groups in total. The lowest BCUT2D eigenvalue weighted by molar-refractivity contribution is 0.468. The van der Waals surface area contributed by atoms with E-state index in [9.17, 15) is 9.50 Å². The predicted octanol–water partition coefficient (Wildman–Crippen LogP) is 1.36. The molecule has 0 bridgehead atoms. The standard InChI is InChI=1S/C9H8BFO/c1-5(2)6-3-7(10)8(11)4-9(6)12/h3-4,12H,1H2,2H3. The molecule has 60 valence electrons. The first-order valence-corrected chi connectivity index (χ1v) is 3.46. The molecule has 0 aliphatic rings. The van der Waals surface area contributed by atoms with E-state index in [4.69, 9.17) is 7.85 Å². The Morgan fingerprint density at radius 2 is 2.17 bits per heavy atom. The first-order valence-electron chi connectivity index (χ1n) is 3.46. The Balaban J connectivity index is 3.33. The van der Waals surface area contributed by atoms with Crippen molar-refractivity contribution in [1.82, 2.24) is 0 Å². The van der Waals surface area contributed by atoms with Crippen molar-refractivity contribution >= 4 is 18.9 Å². The van der Waals surface area contributed by atoms with Crippen molar-refractivity contribution in [3.05, 3.63) is 30.1 Å². The van der Waals surface area contributed by atoms with Crippen molar-refractivity contribution in [1.29, 1.82) is 0 Å². The summed E-state index contributed by atoms with van der Waals surface area (Å²) in [7, 11) is 5.30. The second-order valence-electron chi connectivity index (χ2n) is 2.67. The lowest BCUT2D eigenvalue weighted by Crippen LogP contribution is -2.08. The molecule has 0 heterocycles. The fourth-order valence-electron chi connectivity index (χ4n) is 0.921. The molecule has 0 fully saturated rings. The lowest BCUT2D eigenvalue weighted by Gasteiger charge is -2.05. The van der Waals surface area contributed by atoms with Crippen LogP contribution in [0.5, 0.6) is 5.75 Å². The zero-order chi connectivity index (χ0) is 9.30. The highest BCUT2D eigenvalue weighted by atomic mass is 19.1. The highest BCUT2D eigenvalue weighted by Gasteiger charge is 2.05. The number of phenols is 1. The van der Waals surface area contributed by atoms with E-state index in [0.29, 0.717) is 11.1 Å². The molecule has 2 radical (unpaired) electrons. The van der Waals surface area contributed by atoms with Gasteiger partial charge in [-0.2, -0.15) is 0 Å². The molecule has 3 heteroatoms. The Morgan fingerprint density at radius 1 is 1.58 bits per heavy atom. The van der Waals surface area contributed by atoms with Crippen LogP contribution in [0.1, 0.15) is 12.5 Å². The van der Waals surface area contributed by atoms with Gasteiger partial charge in [-0.05, 0) is 12.5 Å². The number of hydrogen-bond acceptors (Lipinski definition) is 1. The summed E-state index contributed by atoms with van der Waals surface area (Å²) in [6.45, 7) is 5.33. The molecule has 1 aromatic carbocycles. The van der Waals surface area contributed by atoms with Gasteiger partial charge in [-0.1, -0.05) is 18.1 Å². The van der Waals surface area contributed by atoms with Gasteiger partial charge in [0, 0.05) is 11.6 Å². The Kier molecular flexibility index (Phi) is 2.22. The van der Waals surface area contributed by atoms with Crippen LogP contribution in [-0.4, -0.2) is 13.0 Å². The van der Waals surface area contributed by atoms with Gasteiger partial charge in [-0.3, -0.25) is 0 Å². The lowest BCUT2D eigenvalue weighted by atomic mass is 9.91. The molecule has 0 atom stereocenters. The van der Waals surface area contributed by atoms with E-state index in [0.717, 1.165) is 6.07 Å². The second kappa shape index (κ2) is 3.01. The molecule has 0 saturated carbocycles. The van der Waals surface area contributed by atoms with Gasteiger partial charge in [-0.25, -0.2) is 4.39 Å². The number of aromatic hydroxyl groups is 1. The first kappa shape index (κ1) is 8.85. The minimum absolute atomic E-state index is 0.0193. The zero-order valence-corrected chi connectivity index (χ0v) is 6.76. The van der Waals surface area contributed by atoms with Gasteiger partial charge >= 0.3 is 0 Å². The van der Waals surface area contributed by atoms with Crippen molar-refractivity contribution in [3.63, 3.8) is 0 Å². The third-order valence-corrected chi connectivity index (χ3v) is 1.57. The van der Waals surface area contributed by atoms with E-state index in [1.165, 1.54) is 6.07 Å². The fourth-order valence-corrected chi connectivity index (χ4v) is 0.921. The number of rotatable bonds is 1. The van der Waals surface area contributed by atoms with E-state index in [1.54, 1.807) is 6.92 Å².